The average molecular weight is 242 g/mol. The topological polar surface area (TPSA) is 68.3 Å². The lowest BCUT2D eigenvalue weighted by Gasteiger charge is -2.06. The summed E-state index contributed by atoms with van der Waals surface area (Å²) in [6.45, 7) is 6.21. The fraction of sp³-hybridized carbons (Fsp3) is 0.545. The molecule has 1 unspecified atom stereocenters. The summed E-state index contributed by atoms with van der Waals surface area (Å²) in [5.74, 6) is 6.58. The minimum absolute atomic E-state index is 0.278. The number of nitrogens with one attached hydrogen (secondary N) is 1. The lowest BCUT2D eigenvalue weighted by molar-refractivity contribution is 0.0924. The van der Waals surface area contributed by atoms with E-state index in [0.717, 1.165) is 23.5 Å². The van der Waals surface area contributed by atoms with E-state index in [-0.39, 0.29) is 11.7 Å². The largest absolute Gasteiger partial charge is 0.456 e. The summed E-state index contributed by atoms with van der Waals surface area (Å²) < 4.78 is 5.33. The molecule has 0 aliphatic heterocycles. The number of hydrogen-bond donors (Lipinski definition) is 2. The molecular weight excluding hydrogens is 224 g/mol. The van der Waals surface area contributed by atoms with Crippen molar-refractivity contribution in [2.75, 3.05) is 0 Å². The molecule has 0 fully saturated rings. The standard InChI is InChI=1S/C11H18N2O2S/c1-4-7(2)16-6-9-5-10(11(14)13-12)15-8(9)3/h5,7H,4,6,12H2,1-3H3,(H,13,14). The zero-order chi connectivity index (χ0) is 12.1. The first-order chi connectivity index (χ1) is 7.58. The van der Waals surface area contributed by atoms with Crippen molar-refractivity contribution in [2.45, 2.75) is 38.2 Å². The predicted molar refractivity (Wildman–Crippen MR) is 66.1 cm³/mol. The van der Waals surface area contributed by atoms with Crippen LogP contribution in [0.3, 0.4) is 0 Å². The lowest BCUT2D eigenvalue weighted by Crippen LogP contribution is -2.29. The Morgan fingerprint density at radius 1 is 1.69 bits per heavy atom. The number of carbonyl (C=O) groups is 1. The van der Waals surface area contributed by atoms with E-state index in [4.69, 9.17) is 10.3 Å². The molecule has 0 radical (unpaired) electrons. The number of thioether (sulfide) groups is 1. The van der Waals surface area contributed by atoms with Gasteiger partial charge in [0.25, 0.3) is 0 Å². The highest BCUT2D eigenvalue weighted by Crippen LogP contribution is 2.24. The summed E-state index contributed by atoms with van der Waals surface area (Å²) in [6.07, 6.45) is 1.14. The van der Waals surface area contributed by atoms with Crippen LogP contribution in [0.5, 0.6) is 0 Å². The molecule has 3 N–H and O–H groups in total. The maximum absolute atomic E-state index is 11.2. The molecule has 0 aromatic carbocycles. The molecule has 1 rings (SSSR count). The predicted octanol–water partition coefficient (Wildman–Crippen LogP) is 2.22. The fourth-order valence-corrected chi connectivity index (χ4v) is 2.18. The Bertz CT molecular complexity index is 363. The normalized spacial score (nSPS) is 12.5. The van der Waals surface area contributed by atoms with Crippen LogP contribution in [-0.4, -0.2) is 11.2 Å². The quantitative estimate of drug-likeness (QED) is 0.472. The molecule has 5 heteroatoms. The van der Waals surface area contributed by atoms with Crippen molar-refractivity contribution in [2.24, 2.45) is 5.84 Å². The maximum Gasteiger partial charge on any atom is 0.300 e. The number of furan rings is 1. The van der Waals surface area contributed by atoms with Crippen molar-refractivity contribution < 1.29 is 9.21 Å². The Hall–Kier alpha value is -0.940. The minimum atomic E-state index is -0.386. The smallest absolute Gasteiger partial charge is 0.300 e. The second-order valence-corrected chi connectivity index (χ2v) is 5.12. The molecule has 0 aliphatic rings. The Morgan fingerprint density at radius 2 is 2.38 bits per heavy atom. The van der Waals surface area contributed by atoms with Crippen molar-refractivity contribution >= 4 is 17.7 Å². The van der Waals surface area contributed by atoms with E-state index in [0.29, 0.717) is 5.25 Å². The first-order valence-corrected chi connectivity index (χ1v) is 6.35. The molecule has 1 heterocycles. The van der Waals surface area contributed by atoms with E-state index in [1.165, 1.54) is 0 Å². The van der Waals surface area contributed by atoms with E-state index in [1.807, 2.05) is 18.7 Å². The number of amides is 1. The number of aryl methyl sites for hydroxylation is 1. The van der Waals surface area contributed by atoms with Crippen LogP contribution < -0.4 is 11.3 Å². The summed E-state index contributed by atoms with van der Waals surface area (Å²) in [6, 6.07) is 1.76. The average Bonchev–Trinajstić information content (AvgIpc) is 2.66. The van der Waals surface area contributed by atoms with E-state index in [2.05, 4.69) is 19.3 Å². The van der Waals surface area contributed by atoms with Gasteiger partial charge in [-0.2, -0.15) is 11.8 Å². The van der Waals surface area contributed by atoms with E-state index < -0.39 is 0 Å². The molecule has 1 aromatic rings. The van der Waals surface area contributed by atoms with Gasteiger partial charge in [0.2, 0.25) is 0 Å². The molecule has 0 saturated heterocycles. The first kappa shape index (κ1) is 13.1. The second kappa shape index (κ2) is 5.96. The number of rotatable bonds is 5. The highest BCUT2D eigenvalue weighted by atomic mass is 32.2. The van der Waals surface area contributed by atoms with Gasteiger partial charge in [-0.1, -0.05) is 13.8 Å². The van der Waals surface area contributed by atoms with E-state index in [9.17, 15) is 4.79 Å². The molecule has 0 aliphatic carbocycles. The summed E-state index contributed by atoms with van der Waals surface area (Å²) in [7, 11) is 0. The molecule has 0 spiro atoms. The highest BCUT2D eigenvalue weighted by Gasteiger charge is 2.13. The van der Waals surface area contributed by atoms with Crippen molar-refractivity contribution in [1.82, 2.24) is 5.43 Å². The summed E-state index contributed by atoms with van der Waals surface area (Å²) >= 11 is 1.85. The van der Waals surface area contributed by atoms with Crippen LogP contribution in [0.25, 0.3) is 0 Å². The van der Waals surface area contributed by atoms with Crippen molar-refractivity contribution in [3.8, 4) is 0 Å². The highest BCUT2D eigenvalue weighted by molar-refractivity contribution is 7.99. The Kier molecular flexibility index (Phi) is 4.89. The molecule has 1 amide bonds. The van der Waals surface area contributed by atoms with E-state index in [1.54, 1.807) is 6.07 Å². The van der Waals surface area contributed by atoms with Gasteiger partial charge in [0.05, 0.1) is 0 Å². The molecule has 4 nitrogen and oxygen atoms in total. The van der Waals surface area contributed by atoms with Gasteiger partial charge >= 0.3 is 5.91 Å². The van der Waals surface area contributed by atoms with Crippen LogP contribution >= 0.6 is 11.8 Å². The number of hydrogen-bond acceptors (Lipinski definition) is 4. The number of carbonyl (C=O) groups excluding carboxylic acids is 1. The third kappa shape index (κ3) is 3.28. The van der Waals surface area contributed by atoms with Crippen LogP contribution in [0.4, 0.5) is 0 Å². The Morgan fingerprint density at radius 3 is 2.94 bits per heavy atom. The molecular formula is C11H18N2O2S. The molecule has 0 bridgehead atoms. The van der Waals surface area contributed by atoms with Crippen LogP contribution in [-0.2, 0) is 5.75 Å². The first-order valence-electron chi connectivity index (χ1n) is 5.30. The third-order valence-corrected chi connectivity index (χ3v) is 3.85. The number of nitrogens with two attached hydrogens (primary N) is 1. The van der Waals surface area contributed by atoms with Crippen molar-refractivity contribution in [3.05, 3.63) is 23.2 Å². The fourth-order valence-electron chi connectivity index (χ4n) is 1.20. The van der Waals surface area contributed by atoms with Gasteiger partial charge in [0, 0.05) is 16.6 Å². The second-order valence-electron chi connectivity index (χ2n) is 3.70. The van der Waals surface area contributed by atoms with Crippen LogP contribution in [0.15, 0.2) is 10.5 Å². The summed E-state index contributed by atoms with van der Waals surface area (Å²) in [5, 5.41) is 0.612. The van der Waals surface area contributed by atoms with Crippen molar-refractivity contribution in [3.63, 3.8) is 0 Å². The van der Waals surface area contributed by atoms with E-state index >= 15 is 0 Å². The molecule has 90 valence electrons. The third-order valence-electron chi connectivity index (χ3n) is 2.47. The van der Waals surface area contributed by atoms with Gasteiger partial charge in [0.15, 0.2) is 5.76 Å². The zero-order valence-corrected chi connectivity index (χ0v) is 10.7. The van der Waals surface area contributed by atoms with Crippen LogP contribution in [0.2, 0.25) is 0 Å². The van der Waals surface area contributed by atoms with Gasteiger partial charge in [-0.3, -0.25) is 10.2 Å². The zero-order valence-electron chi connectivity index (χ0n) is 9.87. The van der Waals surface area contributed by atoms with Gasteiger partial charge in [-0.05, 0) is 19.4 Å². The maximum atomic E-state index is 11.2. The Labute approximate surface area is 99.9 Å². The molecule has 1 aromatic heterocycles. The van der Waals surface area contributed by atoms with Gasteiger partial charge < -0.3 is 4.42 Å². The minimum Gasteiger partial charge on any atom is -0.456 e. The monoisotopic (exact) mass is 242 g/mol. The number of nitrogen functional groups attached to an aromatic ring is 1. The molecule has 1 atom stereocenters. The van der Waals surface area contributed by atoms with Crippen LogP contribution in [0.1, 0.15) is 42.1 Å². The SMILES string of the molecule is CCC(C)SCc1cc(C(=O)NN)oc1C. The van der Waals surface area contributed by atoms with Gasteiger partial charge in [-0.25, -0.2) is 5.84 Å². The lowest BCUT2D eigenvalue weighted by atomic mass is 10.3. The summed E-state index contributed by atoms with van der Waals surface area (Å²) in [4.78, 5) is 11.2. The van der Waals surface area contributed by atoms with Gasteiger partial charge in [0.1, 0.15) is 5.76 Å². The van der Waals surface area contributed by atoms with Gasteiger partial charge in [-0.15, -0.1) is 0 Å². The number of hydrazine groups is 1. The molecule has 0 saturated carbocycles. The van der Waals surface area contributed by atoms with Crippen molar-refractivity contribution in [1.29, 1.82) is 0 Å². The van der Waals surface area contributed by atoms with Crippen LogP contribution in [0, 0.1) is 6.92 Å². The Balaban J connectivity index is 2.67. The molecule has 16 heavy (non-hydrogen) atoms. The summed E-state index contributed by atoms with van der Waals surface area (Å²) in [5.41, 5.74) is 3.12.